The predicted molar refractivity (Wildman–Crippen MR) is 74.2 cm³/mol. The normalized spacial score (nSPS) is 11.3. The first-order valence-electron chi connectivity index (χ1n) is 6.51. The monoisotopic (exact) mass is 243 g/mol. The van der Waals surface area contributed by atoms with Crippen LogP contribution in [0.4, 0.5) is 0 Å². The quantitative estimate of drug-likeness (QED) is 0.778. The Bertz CT molecular complexity index is 434. The van der Waals surface area contributed by atoms with Gasteiger partial charge in [-0.05, 0) is 25.5 Å². The highest BCUT2D eigenvalue weighted by Crippen LogP contribution is 2.08. The summed E-state index contributed by atoms with van der Waals surface area (Å²) in [5.41, 5.74) is 1.37. The van der Waals surface area contributed by atoms with Crippen LogP contribution in [-0.2, 0) is 13.1 Å². The summed E-state index contributed by atoms with van der Waals surface area (Å²) in [5.74, 6) is 0. The molecule has 0 fully saturated rings. The Kier molecular flexibility index (Phi) is 4.53. The molecule has 0 unspecified atom stereocenters. The highest BCUT2D eigenvalue weighted by atomic mass is 15.3. The zero-order valence-corrected chi connectivity index (χ0v) is 11.2. The van der Waals surface area contributed by atoms with Crippen LogP contribution >= 0.6 is 0 Å². The molecule has 96 valence electrons. The van der Waals surface area contributed by atoms with Crippen LogP contribution in [0.3, 0.4) is 0 Å². The first kappa shape index (κ1) is 12.8. The van der Waals surface area contributed by atoms with Gasteiger partial charge in [0.2, 0.25) is 0 Å². The van der Waals surface area contributed by atoms with Gasteiger partial charge in [0.15, 0.2) is 0 Å². The third-order valence-electron chi connectivity index (χ3n) is 3.13. The molecule has 1 aromatic heterocycles. The third kappa shape index (κ3) is 3.70. The van der Waals surface area contributed by atoms with Gasteiger partial charge in [-0.25, -0.2) is 0 Å². The van der Waals surface area contributed by atoms with Crippen molar-refractivity contribution in [3.05, 3.63) is 54.4 Å². The number of hydrogen-bond acceptors (Lipinski definition) is 2. The fourth-order valence-electron chi connectivity index (χ4n) is 2.00. The van der Waals surface area contributed by atoms with Crippen molar-refractivity contribution in [2.24, 2.45) is 0 Å². The van der Waals surface area contributed by atoms with E-state index in [1.807, 2.05) is 23.1 Å². The van der Waals surface area contributed by atoms with Gasteiger partial charge >= 0.3 is 0 Å². The predicted octanol–water partition coefficient (Wildman–Crippen LogP) is 2.79. The molecule has 0 spiro atoms. The van der Waals surface area contributed by atoms with Crippen LogP contribution in [0.1, 0.15) is 19.4 Å². The van der Waals surface area contributed by atoms with Gasteiger partial charge in [-0.2, -0.15) is 5.10 Å². The number of nitrogens with zero attached hydrogens (tertiary/aromatic N) is 3. The molecule has 18 heavy (non-hydrogen) atoms. The third-order valence-corrected chi connectivity index (χ3v) is 3.13. The molecule has 0 N–H and O–H groups in total. The summed E-state index contributed by atoms with van der Waals surface area (Å²) in [7, 11) is 0. The van der Waals surface area contributed by atoms with Crippen LogP contribution in [0.2, 0.25) is 0 Å². The smallest absolute Gasteiger partial charge is 0.0536 e. The van der Waals surface area contributed by atoms with Crippen molar-refractivity contribution in [2.45, 2.75) is 33.0 Å². The lowest BCUT2D eigenvalue weighted by molar-refractivity contribution is 0.201. The van der Waals surface area contributed by atoms with E-state index in [2.05, 4.69) is 54.2 Å². The lowest BCUT2D eigenvalue weighted by Gasteiger charge is -2.26. The van der Waals surface area contributed by atoms with E-state index in [9.17, 15) is 0 Å². The highest BCUT2D eigenvalue weighted by Gasteiger charge is 2.09. The molecule has 0 atom stereocenters. The molecule has 0 radical (unpaired) electrons. The molecule has 3 heteroatoms. The minimum absolute atomic E-state index is 0.542. The Morgan fingerprint density at radius 2 is 1.94 bits per heavy atom. The van der Waals surface area contributed by atoms with Crippen LogP contribution in [0.5, 0.6) is 0 Å². The van der Waals surface area contributed by atoms with Crippen molar-refractivity contribution in [1.82, 2.24) is 14.7 Å². The Labute approximate surface area is 109 Å². The minimum atomic E-state index is 0.542. The van der Waals surface area contributed by atoms with E-state index >= 15 is 0 Å². The van der Waals surface area contributed by atoms with Crippen molar-refractivity contribution in [3.63, 3.8) is 0 Å². The van der Waals surface area contributed by atoms with Gasteiger partial charge in [-0.3, -0.25) is 9.58 Å². The first-order chi connectivity index (χ1) is 8.75. The fraction of sp³-hybridized carbons (Fsp3) is 0.400. The Hall–Kier alpha value is -1.61. The second kappa shape index (κ2) is 6.36. The van der Waals surface area contributed by atoms with E-state index < -0.39 is 0 Å². The van der Waals surface area contributed by atoms with Crippen molar-refractivity contribution in [1.29, 1.82) is 0 Å². The summed E-state index contributed by atoms with van der Waals surface area (Å²) in [4.78, 5) is 2.47. The minimum Gasteiger partial charge on any atom is -0.295 e. The molecule has 1 heterocycles. The van der Waals surface area contributed by atoms with Crippen LogP contribution in [-0.4, -0.2) is 27.3 Å². The first-order valence-corrected chi connectivity index (χ1v) is 6.51. The maximum atomic E-state index is 4.24. The van der Waals surface area contributed by atoms with Crippen LogP contribution in [0.25, 0.3) is 0 Å². The fourth-order valence-corrected chi connectivity index (χ4v) is 2.00. The maximum absolute atomic E-state index is 4.24. The van der Waals surface area contributed by atoms with E-state index in [4.69, 9.17) is 0 Å². The molecule has 2 rings (SSSR count). The van der Waals surface area contributed by atoms with Crippen molar-refractivity contribution in [2.75, 3.05) is 6.54 Å². The molecule has 3 nitrogen and oxygen atoms in total. The molecule has 0 bridgehead atoms. The summed E-state index contributed by atoms with van der Waals surface area (Å²) in [6.45, 7) is 7.45. The van der Waals surface area contributed by atoms with E-state index in [0.29, 0.717) is 6.04 Å². The molecule has 0 amide bonds. The summed E-state index contributed by atoms with van der Waals surface area (Å²) < 4.78 is 1.99. The SMILES string of the molecule is CC(C)N(CCn1cccn1)Cc1ccccc1. The summed E-state index contributed by atoms with van der Waals surface area (Å²) in [6.07, 6.45) is 3.85. The lowest BCUT2D eigenvalue weighted by Crippen LogP contribution is -2.33. The second-order valence-corrected chi connectivity index (χ2v) is 4.82. The zero-order chi connectivity index (χ0) is 12.8. The molecular weight excluding hydrogens is 222 g/mol. The average Bonchev–Trinajstić information content (AvgIpc) is 2.88. The Morgan fingerprint density at radius 3 is 2.56 bits per heavy atom. The number of benzene rings is 1. The average molecular weight is 243 g/mol. The van der Waals surface area contributed by atoms with Gasteiger partial charge in [0, 0.05) is 31.5 Å². The van der Waals surface area contributed by atoms with Crippen molar-refractivity contribution < 1.29 is 0 Å². The largest absolute Gasteiger partial charge is 0.295 e. The number of aromatic nitrogens is 2. The molecule has 0 aliphatic rings. The molecule has 1 aromatic carbocycles. The molecular formula is C15H21N3. The molecule has 0 saturated heterocycles. The molecule has 0 saturated carbocycles. The van der Waals surface area contributed by atoms with E-state index in [0.717, 1.165) is 19.6 Å². The topological polar surface area (TPSA) is 21.1 Å². The number of rotatable bonds is 6. The Balaban J connectivity index is 1.92. The standard InChI is InChI=1S/C15H21N3/c1-14(2)17(11-12-18-10-6-9-16-18)13-15-7-4-3-5-8-15/h3-10,14H,11-13H2,1-2H3. The molecule has 0 aliphatic carbocycles. The van der Waals surface area contributed by atoms with Gasteiger partial charge in [-0.15, -0.1) is 0 Å². The second-order valence-electron chi connectivity index (χ2n) is 4.82. The van der Waals surface area contributed by atoms with Gasteiger partial charge in [0.25, 0.3) is 0 Å². The lowest BCUT2D eigenvalue weighted by atomic mass is 10.2. The van der Waals surface area contributed by atoms with Gasteiger partial charge in [0.1, 0.15) is 0 Å². The highest BCUT2D eigenvalue weighted by molar-refractivity contribution is 5.14. The molecule has 2 aromatic rings. The van der Waals surface area contributed by atoms with Crippen molar-refractivity contribution in [3.8, 4) is 0 Å². The Morgan fingerprint density at radius 1 is 1.17 bits per heavy atom. The summed E-state index contributed by atoms with van der Waals surface area (Å²) >= 11 is 0. The van der Waals surface area contributed by atoms with Crippen LogP contribution in [0, 0.1) is 0 Å². The van der Waals surface area contributed by atoms with Crippen LogP contribution < -0.4 is 0 Å². The summed E-state index contributed by atoms with van der Waals surface area (Å²) in [6, 6.07) is 13.1. The number of hydrogen-bond donors (Lipinski definition) is 0. The maximum Gasteiger partial charge on any atom is 0.0536 e. The summed E-state index contributed by atoms with van der Waals surface area (Å²) in [5, 5.41) is 4.24. The van der Waals surface area contributed by atoms with Crippen LogP contribution in [0.15, 0.2) is 48.8 Å². The zero-order valence-electron chi connectivity index (χ0n) is 11.2. The van der Waals surface area contributed by atoms with Gasteiger partial charge < -0.3 is 0 Å². The van der Waals surface area contributed by atoms with E-state index in [1.54, 1.807) is 0 Å². The van der Waals surface area contributed by atoms with E-state index in [-0.39, 0.29) is 0 Å². The molecule has 0 aliphatic heterocycles. The van der Waals surface area contributed by atoms with E-state index in [1.165, 1.54) is 5.56 Å². The van der Waals surface area contributed by atoms with Crippen molar-refractivity contribution >= 4 is 0 Å². The van der Waals surface area contributed by atoms with Gasteiger partial charge in [0.05, 0.1) is 6.54 Å². The van der Waals surface area contributed by atoms with Gasteiger partial charge in [-0.1, -0.05) is 30.3 Å².